The number of carbonyl (C=O) groups is 2. The lowest BCUT2D eigenvalue weighted by Gasteiger charge is -2.08. The third kappa shape index (κ3) is 5.08. The highest BCUT2D eigenvalue weighted by Crippen LogP contribution is 2.34. The zero-order chi connectivity index (χ0) is 26.8. The topological polar surface area (TPSA) is 102 Å². The van der Waals surface area contributed by atoms with Crippen LogP contribution in [0.5, 0.6) is 17.2 Å². The van der Waals surface area contributed by atoms with Crippen LogP contribution in [0.4, 0.5) is 0 Å². The number of aromatic amines is 1. The van der Waals surface area contributed by atoms with E-state index in [4.69, 9.17) is 14.2 Å². The SMILES string of the molecule is O=C(Oc1ccccc1C=NNC(=O)c1[nH]c2ccc(I)cc2c1-c1ccccc1)c1ccc2c(c1)OCO2. The number of hydrogen-bond donors (Lipinski definition) is 2. The van der Waals surface area contributed by atoms with Gasteiger partial charge in [0, 0.05) is 25.6 Å². The molecule has 39 heavy (non-hydrogen) atoms. The molecule has 5 aromatic rings. The number of amides is 1. The number of benzene rings is 4. The Bertz CT molecular complexity index is 1750. The molecule has 1 amide bonds. The molecule has 192 valence electrons. The maximum absolute atomic E-state index is 13.3. The highest BCUT2D eigenvalue weighted by atomic mass is 127. The molecular weight excluding hydrogens is 609 g/mol. The summed E-state index contributed by atoms with van der Waals surface area (Å²) >= 11 is 2.26. The number of rotatable bonds is 6. The largest absolute Gasteiger partial charge is 0.454 e. The van der Waals surface area contributed by atoms with E-state index in [2.05, 4.69) is 38.1 Å². The number of halogens is 1. The van der Waals surface area contributed by atoms with Crippen LogP contribution in [0.1, 0.15) is 26.4 Å². The molecule has 0 spiro atoms. The lowest BCUT2D eigenvalue weighted by molar-refractivity contribution is 0.0733. The molecular formula is C30H20IN3O5. The fourth-order valence-corrected chi connectivity index (χ4v) is 4.81. The van der Waals surface area contributed by atoms with Crippen molar-refractivity contribution in [2.45, 2.75) is 0 Å². The third-order valence-electron chi connectivity index (χ3n) is 6.15. The van der Waals surface area contributed by atoms with Crippen molar-refractivity contribution >= 4 is 51.6 Å². The predicted octanol–water partition coefficient (Wildman–Crippen LogP) is 6.15. The van der Waals surface area contributed by atoms with E-state index in [-0.39, 0.29) is 6.79 Å². The van der Waals surface area contributed by atoms with Crippen molar-refractivity contribution in [3.63, 3.8) is 0 Å². The summed E-state index contributed by atoms with van der Waals surface area (Å²) in [6.45, 7) is 0.115. The Morgan fingerprint density at radius 2 is 1.72 bits per heavy atom. The summed E-state index contributed by atoms with van der Waals surface area (Å²) in [6, 6.07) is 27.5. The molecule has 0 fully saturated rings. The second-order valence-electron chi connectivity index (χ2n) is 8.63. The molecule has 1 aliphatic rings. The maximum Gasteiger partial charge on any atom is 0.343 e. The lowest BCUT2D eigenvalue weighted by atomic mass is 10.0. The average molecular weight is 629 g/mol. The van der Waals surface area contributed by atoms with E-state index in [9.17, 15) is 9.59 Å². The van der Waals surface area contributed by atoms with E-state index >= 15 is 0 Å². The Kier molecular flexibility index (Phi) is 6.72. The molecule has 9 heteroatoms. The van der Waals surface area contributed by atoms with E-state index < -0.39 is 11.9 Å². The van der Waals surface area contributed by atoms with Gasteiger partial charge in [0.25, 0.3) is 5.91 Å². The molecule has 0 atom stereocenters. The van der Waals surface area contributed by atoms with Crippen molar-refractivity contribution in [3.05, 3.63) is 111 Å². The number of hydrogen-bond acceptors (Lipinski definition) is 6. The molecule has 6 rings (SSSR count). The van der Waals surface area contributed by atoms with Crippen LogP contribution in [0.25, 0.3) is 22.0 Å². The number of aromatic nitrogens is 1. The molecule has 2 heterocycles. The maximum atomic E-state index is 13.3. The summed E-state index contributed by atoms with van der Waals surface area (Å²) in [5, 5.41) is 5.10. The van der Waals surface area contributed by atoms with E-state index in [1.54, 1.807) is 42.5 Å². The van der Waals surface area contributed by atoms with Gasteiger partial charge in [0.1, 0.15) is 11.4 Å². The van der Waals surface area contributed by atoms with Crippen LogP contribution < -0.4 is 19.6 Å². The number of ether oxygens (including phenoxy) is 3. The van der Waals surface area contributed by atoms with Crippen LogP contribution in [0, 0.1) is 3.57 Å². The number of hydrazone groups is 1. The van der Waals surface area contributed by atoms with Crippen LogP contribution in [0.3, 0.4) is 0 Å². The molecule has 2 N–H and O–H groups in total. The molecule has 8 nitrogen and oxygen atoms in total. The van der Waals surface area contributed by atoms with Gasteiger partial charge in [-0.25, -0.2) is 10.2 Å². The zero-order valence-electron chi connectivity index (χ0n) is 20.3. The first-order valence-electron chi connectivity index (χ1n) is 12.0. The van der Waals surface area contributed by atoms with Crippen molar-refractivity contribution in [1.82, 2.24) is 10.4 Å². The Morgan fingerprint density at radius 3 is 2.59 bits per heavy atom. The van der Waals surface area contributed by atoms with E-state index in [1.165, 1.54) is 6.21 Å². The molecule has 0 aliphatic carbocycles. The van der Waals surface area contributed by atoms with Crippen LogP contribution >= 0.6 is 22.6 Å². The molecule has 0 bridgehead atoms. The zero-order valence-corrected chi connectivity index (χ0v) is 22.5. The summed E-state index contributed by atoms with van der Waals surface area (Å²) < 4.78 is 17.3. The Morgan fingerprint density at radius 1 is 0.923 bits per heavy atom. The molecule has 4 aromatic carbocycles. The van der Waals surface area contributed by atoms with Crippen molar-refractivity contribution in [3.8, 4) is 28.4 Å². The first kappa shape index (κ1) is 24.7. The van der Waals surface area contributed by atoms with Crippen LogP contribution in [-0.2, 0) is 0 Å². The number of H-pyrrole nitrogens is 1. The first-order chi connectivity index (χ1) is 19.1. The second-order valence-corrected chi connectivity index (χ2v) is 9.87. The smallest absolute Gasteiger partial charge is 0.343 e. The van der Waals surface area contributed by atoms with Gasteiger partial charge in [-0.2, -0.15) is 5.10 Å². The number of fused-ring (bicyclic) bond motifs is 2. The summed E-state index contributed by atoms with van der Waals surface area (Å²) in [5.74, 6) is 0.409. The van der Waals surface area contributed by atoms with E-state index in [0.29, 0.717) is 34.1 Å². The Hall–Kier alpha value is -4.64. The minimum Gasteiger partial charge on any atom is -0.454 e. The minimum atomic E-state index is -0.557. The van der Waals surface area contributed by atoms with Gasteiger partial charge < -0.3 is 19.2 Å². The van der Waals surface area contributed by atoms with Crippen molar-refractivity contribution in [2.75, 3.05) is 6.79 Å². The number of carbonyl (C=O) groups excluding carboxylic acids is 2. The van der Waals surface area contributed by atoms with Gasteiger partial charge >= 0.3 is 5.97 Å². The quantitative estimate of drug-likeness (QED) is 0.0772. The number of para-hydroxylation sites is 1. The third-order valence-corrected chi connectivity index (χ3v) is 6.82. The van der Waals surface area contributed by atoms with Gasteiger partial charge in [-0.05, 0) is 76.7 Å². The highest BCUT2D eigenvalue weighted by molar-refractivity contribution is 14.1. The van der Waals surface area contributed by atoms with Crippen LogP contribution in [0.15, 0.2) is 96.1 Å². The lowest BCUT2D eigenvalue weighted by Crippen LogP contribution is -2.19. The van der Waals surface area contributed by atoms with Gasteiger partial charge in [0.15, 0.2) is 11.5 Å². The number of nitrogens with one attached hydrogen (secondary N) is 2. The van der Waals surface area contributed by atoms with Gasteiger partial charge in [-0.15, -0.1) is 0 Å². The van der Waals surface area contributed by atoms with Gasteiger partial charge in [-0.3, -0.25) is 4.79 Å². The monoisotopic (exact) mass is 629 g/mol. The fourth-order valence-electron chi connectivity index (χ4n) is 4.32. The molecule has 1 aromatic heterocycles. The summed E-state index contributed by atoms with van der Waals surface area (Å²) in [7, 11) is 0. The Balaban J connectivity index is 1.23. The fraction of sp³-hybridized carbons (Fsp3) is 0.0333. The minimum absolute atomic E-state index is 0.115. The van der Waals surface area contributed by atoms with Crippen LogP contribution in [-0.4, -0.2) is 29.9 Å². The van der Waals surface area contributed by atoms with Crippen molar-refractivity contribution < 1.29 is 23.8 Å². The van der Waals surface area contributed by atoms with Gasteiger partial charge in [0.2, 0.25) is 6.79 Å². The average Bonchev–Trinajstić information content (AvgIpc) is 3.58. The predicted molar refractivity (Wildman–Crippen MR) is 155 cm³/mol. The summed E-state index contributed by atoms with van der Waals surface area (Å²) in [4.78, 5) is 29.3. The summed E-state index contributed by atoms with van der Waals surface area (Å²) in [5.41, 5.74) is 6.41. The second kappa shape index (κ2) is 10.6. The first-order valence-corrected chi connectivity index (χ1v) is 13.1. The van der Waals surface area contributed by atoms with Crippen molar-refractivity contribution in [1.29, 1.82) is 0 Å². The number of esters is 1. The molecule has 1 aliphatic heterocycles. The standard InChI is InChI=1S/C30H20IN3O5/c31-21-11-12-23-22(15-21)27(18-6-2-1-3-7-18)28(33-23)29(35)34-32-16-20-8-4-5-9-24(20)39-30(36)19-10-13-25-26(14-19)38-17-37-25/h1-16,33H,17H2,(H,34,35). The van der Waals surface area contributed by atoms with E-state index in [1.807, 2.05) is 48.5 Å². The molecule has 0 radical (unpaired) electrons. The number of nitrogens with zero attached hydrogens (tertiary/aromatic N) is 1. The molecule has 0 unspecified atom stereocenters. The van der Waals surface area contributed by atoms with Gasteiger partial charge in [-0.1, -0.05) is 42.5 Å². The highest BCUT2D eigenvalue weighted by Gasteiger charge is 2.20. The van der Waals surface area contributed by atoms with Gasteiger partial charge in [0.05, 0.1) is 11.8 Å². The molecule has 0 saturated heterocycles. The Labute approximate surface area is 236 Å². The van der Waals surface area contributed by atoms with Crippen molar-refractivity contribution in [2.24, 2.45) is 5.10 Å². The van der Waals surface area contributed by atoms with Crippen LogP contribution in [0.2, 0.25) is 0 Å². The van der Waals surface area contributed by atoms with E-state index in [0.717, 1.165) is 25.6 Å². The normalized spacial score (nSPS) is 12.1. The molecule has 0 saturated carbocycles. The summed E-state index contributed by atoms with van der Waals surface area (Å²) in [6.07, 6.45) is 1.44.